The molecule has 0 unspecified atom stereocenters. The monoisotopic (exact) mass is 321 g/mol. The molecule has 0 aromatic heterocycles. The Bertz CT molecular complexity index is 584. The predicted molar refractivity (Wildman–Crippen MR) is 80.9 cm³/mol. The minimum atomic E-state index is 0.237. The van der Waals surface area contributed by atoms with Gasteiger partial charge in [-0.3, -0.25) is 0 Å². The fourth-order valence-corrected chi connectivity index (χ4v) is 2.02. The summed E-state index contributed by atoms with van der Waals surface area (Å²) in [4.78, 5) is 0. The predicted octanol–water partition coefficient (Wildman–Crippen LogP) is 4.08. The van der Waals surface area contributed by atoms with Gasteiger partial charge < -0.3 is 15.2 Å². The molecule has 0 bridgehead atoms. The van der Waals surface area contributed by atoms with Crippen LogP contribution >= 0.6 is 15.9 Å². The lowest BCUT2D eigenvalue weighted by Gasteiger charge is -2.10. The van der Waals surface area contributed by atoms with Crippen LogP contribution in [0.4, 0.5) is 5.69 Å². The average Bonchev–Trinajstić information content (AvgIpc) is 2.41. The number of methoxy groups -OCH3 is 1. The van der Waals surface area contributed by atoms with Crippen LogP contribution in [0.25, 0.3) is 0 Å². The minimum Gasteiger partial charge on any atom is -0.507 e. The Labute approximate surface area is 121 Å². The number of nitrogens with one attached hydrogen (secondary N) is 1. The fourth-order valence-electron chi connectivity index (χ4n) is 1.77. The number of hydrogen-bond donors (Lipinski definition) is 2. The summed E-state index contributed by atoms with van der Waals surface area (Å²) in [6, 6.07) is 11.4. The van der Waals surface area contributed by atoms with E-state index in [9.17, 15) is 5.11 Å². The van der Waals surface area contributed by atoms with Crippen LogP contribution in [0.2, 0.25) is 0 Å². The Balaban J connectivity index is 2.07. The van der Waals surface area contributed by atoms with E-state index in [1.165, 1.54) is 5.56 Å². The van der Waals surface area contributed by atoms with Crippen molar-refractivity contribution in [2.45, 2.75) is 13.5 Å². The molecule has 100 valence electrons. The smallest absolute Gasteiger partial charge is 0.124 e. The van der Waals surface area contributed by atoms with Gasteiger partial charge in [-0.15, -0.1) is 0 Å². The summed E-state index contributed by atoms with van der Waals surface area (Å²) in [6.45, 7) is 2.61. The summed E-state index contributed by atoms with van der Waals surface area (Å²) in [7, 11) is 1.58. The Morgan fingerprint density at radius 1 is 1.21 bits per heavy atom. The molecule has 0 spiro atoms. The van der Waals surface area contributed by atoms with Gasteiger partial charge in [0.05, 0.1) is 7.11 Å². The first-order valence-corrected chi connectivity index (χ1v) is 6.75. The maximum Gasteiger partial charge on any atom is 0.124 e. The van der Waals surface area contributed by atoms with E-state index in [1.807, 2.05) is 31.2 Å². The number of aryl methyl sites for hydroxylation is 1. The second-order valence-corrected chi connectivity index (χ2v) is 5.17. The van der Waals surface area contributed by atoms with E-state index in [4.69, 9.17) is 4.74 Å². The van der Waals surface area contributed by atoms with Crippen LogP contribution < -0.4 is 10.1 Å². The van der Waals surface area contributed by atoms with Gasteiger partial charge in [-0.1, -0.05) is 15.9 Å². The molecule has 0 heterocycles. The molecule has 0 amide bonds. The molecular weight excluding hydrogens is 306 g/mol. The number of rotatable bonds is 4. The first-order valence-electron chi connectivity index (χ1n) is 5.96. The zero-order chi connectivity index (χ0) is 13.8. The number of hydrogen-bond acceptors (Lipinski definition) is 3. The van der Waals surface area contributed by atoms with Crippen molar-refractivity contribution >= 4 is 21.6 Å². The molecule has 19 heavy (non-hydrogen) atoms. The largest absolute Gasteiger partial charge is 0.507 e. The third kappa shape index (κ3) is 3.41. The van der Waals surface area contributed by atoms with Gasteiger partial charge in [-0.2, -0.15) is 0 Å². The quantitative estimate of drug-likeness (QED) is 0.891. The van der Waals surface area contributed by atoms with Gasteiger partial charge >= 0.3 is 0 Å². The standard InChI is InChI=1S/C15H16BrNO2/c1-10-7-12(4-6-14(10)16)17-9-11-3-5-13(19-2)8-15(11)18/h3-8,17-18H,9H2,1-2H3. The number of phenols is 1. The Kier molecular flexibility index (Phi) is 4.32. The molecule has 3 nitrogen and oxygen atoms in total. The highest BCUT2D eigenvalue weighted by Crippen LogP contribution is 2.25. The molecule has 2 rings (SSSR count). The molecule has 0 aliphatic carbocycles. The summed E-state index contributed by atoms with van der Waals surface area (Å²) in [5.41, 5.74) is 3.03. The summed E-state index contributed by atoms with van der Waals surface area (Å²) in [5, 5.41) is 13.2. The summed E-state index contributed by atoms with van der Waals surface area (Å²) >= 11 is 3.47. The van der Waals surface area contributed by atoms with Gasteiger partial charge in [-0.05, 0) is 42.8 Å². The van der Waals surface area contributed by atoms with Crippen molar-refractivity contribution in [3.63, 3.8) is 0 Å². The van der Waals surface area contributed by atoms with E-state index in [2.05, 4.69) is 27.3 Å². The highest BCUT2D eigenvalue weighted by atomic mass is 79.9. The van der Waals surface area contributed by atoms with E-state index in [0.717, 1.165) is 15.7 Å². The van der Waals surface area contributed by atoms with E-state index < -0.39 is 0 Å². The molecule has 2 aromatic carbocycles. The van der Waals surface area contributed by atoms with Gasteiger partial charge in [0.1, 0.15) is 11.5 Å². The van der Waals surface area contributed by atoms with Gasteiger partial charge in [-0.25, -0.2) is 0 Å². The Hall–Kier alpha value is -1.68. The number of halogens is 1. The van der Waals surface area contributed by atoms with Crippen molar-refractivity contribution < 1.29 is 9.84 Å². The van der Waals surface area contributed by atoms with Crippen LogP contribution in [-0.4, -0.2) is 12.2 Å². The maximum absolute atomic E-state index is 9.87. The van der Waals surface area contributed by atoms with E-state index in [1.54, 1.807) is 13.2 Å². The second-order valence-electron chi connectivity index (χ2n) is 4.31. The van der Waals surface area contributed by atoms with Gasteiger partial charge in [0.25, 0.3) is 0 Å². The van der Waals surface area contributed by atoms with Crippen molar-refractivity contribution in [1.82, 2.24) is 0 Å². The lowest BCUT2D eigenvalue weighted by Crippen LogP contribution is -2.00. The summed E-state index contributed by atoms with van der Waals surface area (Å²) < 4.78 is 6.14. The summed E-state index contributed by atoms with van der Waals surface area (Å²) in [6.07, 6.45) is 0. The second kappa shape index (κ2) is 5.97. The van der Waals surface area contributed by atoms with Crippen molar-refractivity contribution in [2.24, 2.45) is 0 Å². The van der Waals surface area contributed by atoms with E-state index in [-0.39, 0.29) is 5.75 Å². The van der Waals surface area contributed by atoms with Crippen LogP contribution in [-0.2, 0) is 6.54 Å². The number of benzene rings is 2. The van der Waals surface area contributed by atoms with Gasteiger partial charge in [0.2, 0.25) is 0 Å². The normalized spacial score (nSPS) is 10.3. The van der Waals surface area contributed by atoms with Crippen LogP contribution in [0.3, 0.4) is 0 Å². The lowest BCUT2D eigenvalue weighted by atomic mass is 10.1. The topological polar surface area (TPSA) is 41.5 Å². The Morgan fingerprint density at radius 3 is 2.63 bits per heavy atom. The molecule has 0 saturated heterocycles. The third-order valence-electron chi connectivity index (χ3n) is 2.93. The molecule has 0 atom stereocenters. The number of anilines is 1. The first kappa shape index (κ1) is 13.7. The molecule has 0 aliphatic rings. The number of ether oxygens (including phenoxy) is 1. The average molecular weight is 322 g/mol. The molecule has 0 fully saturated rings. The third-order valence-corrected chi connectivity index (χ3v) is 3.82. The SMILES string of the molecule is COc1ccc(CNc2ccc(Br)c(C)c2)c(O)c1. The molecule has 0 aliphatic heterocycles. The van der Waals surface area contributed by atoms with Crippen molar-refractivity contribution in [3.8, 4) is 11.5 Å². The van der Waals surface area contributed by atoms with E-state index >= 15 is 0 Å². The molecule has 0 saturated carbocycles. The minimum absolute atomic E-state index is 0.237. The fraction of sp³-hybridized carbons (Fsp3) is 0.200. The number of phenolic OH excluding ortho intramolecular Hbond substituents is 1. The van der Waals surface area contributed by atoms with Crippen molar-refractivity contribution in [1.29, 1.82) is 0 Å². The zero-order valence-corrected chi connectivity index (χ0v) is 12.5. The maximum atomic E-state index is 9.87. The first-order chi connectivity index (χ1) is 9.10. The zero-order valence-electron chi connectivity index (χ0n) is 10.9. The Morgan fingerprint density at radius 2 is 2.00 bits per heavy atom. The molecule has 0 radical (unpaired) electrons. The van der Waals surface area contributed by atoms with Crippen LogP contribution in [0.1, 0.15) is 11.1 Å². The molecule has 4 heteroatoms. The van der Waals surface area contributed by atoms with Gasteiger partial charge in [0.15, 0.2) is 0 Å². The van der Waals surface area contributed by atoms with Crippen LogP contribution in [0.5, 0.6) is 11.5 Å². The highest BCUT2D eigenvalue weighted by molar-refractivity contribution is 9.10. The van der Waals surface area contributed by atoms with E-state index in [0.29, 0.717) is 12.3 Å². The van der Waals surface area contributed by atoms with Crippen LogP contribution in [0.15, 0.2) is 40.9 Å². The highest BCUT2D eigenvalue weighted by Gasteiger charge is 2.03. The lowest BCUT2D eigenvalue weighted by molar-refractivity contribution is 0.406. The van der Waals surface area contributed by atoms with Crippen molar-refractivity contribution in [3.05, 3.63) is 52.0 Å². The van der Waals surface area contributed by atoms with Gasteiger partial charge in [0, 0.05) is 28.3 Å². The van der Waals surface area contributed by atoms with Crippen molar-refractivity contribution in [2.75, 3.05) is 12.4 Å². The number of aromatic hydroxyl groups is 1. The molecule has 2 aromatic rings. The molecular formula is C15H16BrNO2. The summed E-state index contributed by atoms with van der Waals surface area (Å²) in [5.74, 6) is 0.890. The molecule has 2 N–H and O–H groups in total. The van der Waals surface area contributed by atoms with Crippen LogP contribution in [0, 0.1) is 6.92 Å².